The highest BCUT2D eigenvalue weighted by atomic mass is 79.9. The van der Waals surface area contributed by atoms with E-state index in [0.29, 0.717) is 5.02 Å². The molecule has 4 nitrogen and oxygen atoms in total. The van der Waals surface area contributed by atoms with Crippen LogP contribution in [0.15, 0.2) is 22.7 Å². The highest BCUT2D eigenvalue weighted by Gasteiger charge is 2.00. The molecule has 0 heterocycles. The average molecular weight is 294 g/mol. The Hall–Kier alpha value is -0.780. The summed E-state index contributed by atoms with van der Waals surface area (Å²) in [5, 5.41) is 2.97. The van der Waals surface area contributed by atoms with Crippen molar-refractivity contribution in [3.8, 4) is 0 Å². The number of hydrogen-bond acceptors (Lipinski definition) is 2. The van der Waals surface area contributed by atoms with E-state index in [1.54, 1.807) is 6.07 Å². The normalized spacial score (nSPS) is 9.80. The van der Waals surface area contributed by atoms with Gasteiger partial charge in [-0.25, -0.2) is 10.3 Å². The molecule has 15 heavy (non-hydrogen) atoms. The van der Waals surface area contributed by atoms with Crippen molar-refractivity contribution in [3.63, 3.8) is 0 Å². The van der Waals surface area contributed by atoms with E-state index in [-0.39, 0.29) is 6.61 Å². The van der Waals surface area contributed by atoms with E-state index in [1.807, 2.05) is 12.1 Å². The lowest BCUT2D eigenvalue weighted by Crippen LogP contribution is -2.32. The Bertz CT molecular complexity index is 360. The zero-order valence-corrected chi connectivity index (χ0v) is 10.4. The molecule has 0 saturated carbocycles. The molecular weight excluding hydrogens is 283 g/mol. The van der Waals surface area contributed by atoms with Crippen LogP contribution in [0, 0.1) is 0 Å². The van der Waals surface area contributed by atoms with Crippen molar-refractivity contribution in [2.45, 2.75) is 6.61 Å². The summed E-state index contributed by atoms with van der Waals surface area (Å²) in [5.41, 5.74) is 3.08. The minimum atomic E-state index is -0.391. The summed E-state index contributed by atoms with van der Waals surface area (Å²) in [6, 6.07) is 5.04. The Morgan fingerprint density at radius 3 is 2.93 bits per heavy atom. The van der Waals surface area contributed by atoms with Gasteiger partial charge in [-0.2, -0.15) is 0 Å². The summed E-state index contributed by atoms with van der Waals surface area (Å²) < 4.78 is 0.826. The molecule has 1 aromatic rings. The lowest BCUT2D eigenvalue weighted by atomic mass is 10.2. The topological polar surface area (TPSA) is 50.4 Å². The van der Waals surface area contributed by atoms with Crippen LogP contribution in [0.4, 0.5) is 4.79 Å². The van der Waals surface area contributed by atoms with Crippen molar-refractivity contribution in [1.29, 1.82) is 0 Å². The number of halogens is 2. The van der Waals surface area contributed by atoms with Crippen LogP contribution in [0.25, 0.3) is 0 Å². The number of carbonyl (C=O) groups is 1. The molecule has 0 atom stereocenters. The van der Waals surface area contributed by atoms with Gasteiger partial charge in [0.1, 0.15) is 0 Å². The summed E-state index contributed by atoms with van der Waals surface area (Å²) in [7, 11) is 1.51. The SMILES string of the molecule is CNC(=O)NOCc1ccc(Br)c(Cl)c1. The molecule has 2 amide bonds. The first-order chi connectivity index (χ1) is 7.13. The van der Waals surface area contributed by atoms with Gasteiger partial charge in [-0.1, -0.05) is 17.7 Å². The summed E-state index contributed by atoms with van der Waals surface area (Å²) in [5.74, 6) is 0. The molecule has 1 rings (SSSR count). The Morgan fingerprint density at radius 1 is 1.60 bits per heavy atom. The van der Waals surface area contributed by atoms with Gasteiger partial charge in [0.05, 0.1) is 11.6 Å². The number of hydrogen-bond donors (Lipinski definition) is 2. The second-order valence-electron chi connectivity index (χ2n) is 2.72. The maximum atomic E-state index is 10.7. The number of amides is 2. The molecule has 0 bridgehead atoms. The molecule has 6 heteroatoms. The fraction of sp³-hybridized carbons (Fsp3) is 0.222. The minimum absolute atomic E-state index is 0.264. The fourth-order valence-corrected chi connectivity index (χ4v) is 1.32. The zero-order valence-electron chi connectivity index (χ0n) is 8.01. The van der Waals surface area contributed by atoms with E-state index >= 15 is 0 Å². The van der Waals surface area contributed by atoms with Crippen LogP contribution in [-0.4, -0.2) is 13.1 Å². The van der Waals surface area contributed by atoms with Gasteiger partial charge >= 0.3 is 6.03 Å². The molecule has 1 aromatic carbocycles. The number of hydroxylamine groups is 1. The summed E-state index contributed by atoms with van der Waals surface area (Å²) in [4.78, 5) is 15.7. The first-order valence-corrected chi connectivity index (χ1v) is 5.34. The Morgan fingerprint density at radius 2 is 2.33 bits per heavy atom. The van der Waals surface area contributed by atoms with Crippen molar-refractivity contribution >= 4 is 33.6 Å². The van der Waals surface area contributed by atoms with Gasteiger partial charge in [0.15, 0.2) is 0 Å². The summed E-state index contributed by atoms with van der Waals surface area (Å²) in [6.45, 7) is 0.264. The van der Waals surface area contributed by atoms with Crippen LogP contribution in [0.5, 0.6) is 0 Å². The van der Waals surface area contributed by atoms with Crippen LogP contribution in [0.3, 0.4) is 0 Å². The third kappa shape index (κ3) is 4.07. The van der Waals surface area contributed by atoms with Crippen LogP contribution < -0.4 is 10.8 Å². The van der Waals surface area contributed by atoms with Crippen molar-refractivity contribution in [2.24, 2.45) is 0 Å². The molecule has 0 unspecified atom stereocenters. The van der Waals surface area contributed by atoms with Crippen LogP contribution in [-0.2, 0) is 11.4 Å². The standard InChI is InChI=1S/C9H10BrClN2O2/c1-12-9(14)13-15-5-6-2-3-7(10)8(11)4-6/h2-4H,5H2,1H3,(H2,12,13,14). The van der Waals surface area contributed by atoms with Crippen molar-refractivity contribution in [1.82, 2.24) is 10.8 Å². The quantitative estimate of drug-likeness (QED) is 0.841. The largest absolute Gasteiger partial charge is 0.339 e. The van der Waals surface area contributed by atoms with E-state index in [2.05, 4.69) is 26.7 Å². The van der Waals surface area contributed by atoms with Crippen molar-refractivity contribution < 1.29 is 9.63 Å². The number of nitrogens with one attached hydrogen (secondary N) is 2. The van der Waals surface area contributed by atoms with E-state index < -0.39 is 6.03 Å². The molecule has 0 aliphatic carbocycles. The van der Waals surface area contributed by atoms with Gasteiger partial charge in [0.2, 0.25) is 0 Å². The van der Waals surface area contributed by atoms with Gasteiger partial charge in [-0.05, 0) is 33.6 Å². The monoisotopic (exact) mass is 292 g/mol. The van der Waals surface area contributed by atoms with Gasteiger partial charge < -0.3 is 5.32 Å². The maximum Gasteiger partial charge on any atom is 0.338 e. The highest BCUT2D eigenvalue weighted by Crippen LogP contribution is 2.23. The number of benzene rings is 1. The number of urea groups is 1. The lowest BCUT2D eigenvalue weighted by molar-refractivity contribution is 0.0497. The second-order valence-corrected chi connectivity index (χ2v) is 3.98. The molecule has 0 radical (unpaired) electrons. The molecular formula is C9H10BrClN2O2. The van der Waals surface area contributed by atoms with Crippen LogP contribution in [0.1, 0.15) is 5.56 Å². The molecule has 0 aromatic heterocycles. The van der Waals surface area contributed by atoms with Crippen LogP contribution >= 0.6 is 27.5 Å². The lowest BCUT2D eigenvalue weighted by Gasteiger charge is -2.05. The van der Waals surface area contributed by atoms with Crippen molar-refractivity contribution in [2.75, 3.05) is 7.05 Å². The highest BCUT2D eigenvalue weighted by molar-refractivity contribution is 9.10. The molecule has 0 aliphatic heterocycles. The predicted octanol–water partition coefficient (Wildman–Crippen LogP) is 2.46. The molecule has 0 aliphatic rings. The fourth-order valence-electron chi connectivity index (χ4n) is 0.865. The Balaban J connectivity index is 2.44. The second kappa shape index (κ2) is 5.95. The maximum absolute atomic E-state index is 10.7. The number of rotatable bonds is 3. The van der Waals surface area contributed by atoms with E-state index in [4.69, 9.17) is 16.4 Å². The number of carbonyl (C=O) groups excluding carboxylic acids is 1. The first-order valence-electron chi connectivity index (χ1n) is 4.17. The van der Waals surface area contributed by atoms with E-state index in [9.17, 15) is 4.79 Å². The molecule has 82 valence electrons. The Labute approximate surface area is 101 Å². The van der Waals surface area contributed by atoms with Crippen LogP contribution in [0.2, 0.25) is 5.02 Å². The average Bonchev–Trinajstić information content (AvgIpc) is 2.23. The molecule has 2 N–H and O–H groups in total. The third-order valence-corrected chi connectivity index (χ3v) is 2.85. The third-order valence-electron chi connectivity index (χ3n) is 1.61. The van der Waals surface area contributed by atoms with Gasteiger partial charge in [0, 0.05) is 11.5 Å². The Kier molecular flexibility index (Phi) is 4.87. The molecule has 0 saturated heterocycles. The summed E-state index contributed by atoms with van der Waals surface area (Å²) in [6.07, 6.45) is 0. The van der Waals surface area contributed by atoms with Gasteiger partial charge in [-0.15, -0.1) is 0 Å². The molecule has 0 spiro atoms. The smallest absolute Gasteiger partial charge is 0.338 e. The zero-order chi connectivity index (χ0) is 11.3. The first kappa shape index (κ1) is 12.3. The van der Waals surface area contributed by atoms with Crippen molar-refractivity contribution in [3.05, 3.63) is 33.3 Å². The molecule has 0 fully saturated rings. The van der Waals surface area contributed by atoms with E-state index in [1.165, 1.54) is 7.05 Å². The van der Waals surface area contributed by atoms with Gasteiger partial charge in [0.25, 0.3) is 0 Å². The predicted molar refractivity (Wildman–Crippen MR) is 61.5 cm³/mol. The minimum Gasteiger partial charge on any atom is -0.339 e. The van der Waals surface area contributed by atoms with E-state index in [0.717, 1.165) is 10.0 Å². The van der Waals surface area contributed by atoms with Gasteiger partial charge in [-0.3, -0.25) is 4.84 Å². The summed E-state index contributed by atoms with van der Waals surface area (Å²) >= 11 is 9.16.